The fraction of sp³-hybridized carbons (Fsp3) is 0.275. The zero-order valence-corrected chi connectivity index (χ0v) is 65.4. The number of hydrogen-bond acceptors (Lipinski definition) is 16. The number of nitrogens with one attached hydrogen (secondary N) is 2. The molecule has 10 aromatic rings. The largest absolute Gasteiger partial charge is 4.00 e. The molecule has 0 atom stereocenters. The van der Waals surface area contributed by atoms with Gasteiger partial charge in [-0.2, -0.15) is 0 Å². The molecule has 0 aliphatic carbocycles. The molecule has 0 spiro atoms. The number of benzene rings is 4. The number of fused-ring (bicyclic) bond motifs is 2. The van der Waals surface area contributed by atoms with Crippen LogP contribution in [0.3, 0.4) is 0 Å². The molecule has 0 aliphatic heterocycles. The van der Waals surface area contributed by atoms with Gasteiger partial charge in [0.05, 0.1) is 46.7 Å². The van der Waals surface area contributed by atoms with Crippen molar-refractivity contribution in [2.24, 2.45) is 0 Å². The van der Waals surface area contributed by atoms with Gasteiger partial charge in [-0.3, -0.25) is 98.8 Å². The van der Waals surface area contributed by atoms with Crippen molar-refractivity contribution in [1.82, 2.24) is 49.5 Å². The summed E-state index contributed by atoms with van der Waals surface area (Å²) in [5.74, 6) is -0.337. The molecule has 0 bridgehead atoms. The molecule has 0 fully saturated rings. The Bertz CT molecular complexity index is 3760. The molecule has 4 aromatic carbocycles. The van der Waals surface area contributed by atoms with E-state index in [0.29, 0.717) is 34.3 Å². The molecule has 107 heavy (non-hydrogen) atoms. The van der Waals surface area contributed by atoms with Crippen molar-refractivity contribution in [1.29, 1.82) is 0 Å². The normalized spacial score (nSPS) is 9.72. The minimum Gasteiger partial charge on any atom is -0.545 e. The number of aromatic nitrogens is 6. The average Bonchev–Trinajstić information content (AvgIpc) is 1.62. The van der Waals surface area contributed by atoms with Crippen LogP contribution in [0.2, 0.25) is 10.0 Å². The standard InChI is InChI=1S/2C37H40ClN5O2.6CHO.3H2O.2Tc/c2*1-27-13-18-35-34(23-27)33(28(2)43(35)37(45)29-14-16-30(38)17-15-29)24-36(44)41-21-7-3-4-10-22-42(25-31-11-5-8-19-39-31)26-32-12-6-9-20-40-32;6*1-2;;;;;/h2*5-6,8-9,11-20,23H,3-4,7,10,21-22,24-26H2,1-2H3,(H,41,44);6*1H;3*1H2;;/q;;6*-1;;;;;+4. The van der Waals surface area contributed by atoms with Crippen LogP contribution >= 0.6 is 23.2 Å². The van der Waals surface area contributed by atoms with E-state index in [2.05, 4.69) is 118 Å². The van der Waals surface area contributed by atoms with Gasteiger partial charge in [-0.05, 0) is 199 Å². The Hall–Kier alpha value is -9.46. The molecular formula is C80H92Cl2N10O13Tc2-2. The molecular weight excluding hydrogens is 1580 g/mol. The summed E-state index contributed by atoms with van der Waals surface area (Å²) in [6.07, 6.45) is 16.0. The number of carbonyl (C=O) groups is 4. The van der Waals surface area contributed by atoms with E-state index >= 15 is 0 Å². The van der Waals surface area contributed by atoms with Crippen LogP contribution in [-0.4, -0.2) is 146 Å². The molecule has 570 valence electrons. The third-order valence-corrected chi connectivity index (χ3v) is 16.6. The van der Waals surface area contributed by atoms with Crippen molar-refractivity contribution in [3.05, 3.63) is 260 Å². The number of amides is 2. The summed E-state index contributed by atoms with van der Waals surface area (Å²) < 4.78 is 3.43. The smallest absolute Gasteiger partial charge is 0.545 e. The Morgan fingerprint density at radius 3 is 0.944 bits per heavy atom. The van der Waals surface area contributed by atoms with E-state index in [1.807, 2.05) is 125 Å². The number of pyridine rings is 4. The zero-order valence-electron chi connectivity index (χ0n) is 60.2. The predicted molar refractivity (Wildman–Crippen MR) is 412 cm³/mol. The maximum Gasteiger partial charge on any atom is 4.00 e. The number of nitrogens with zero attached hydrogens (tertiary/aromatic N) is 8. The Labute approximate surface area is 663 Å². The third kappa shape index (κ3) is 33.5. The number of aryl methyl sites for hydroxylation is 2. The predicted octanol–water partition coefficient (Wildman–Crippen LogP) is 10.5. The van der Waals surface area contributed by atoms with Crippen LogP contribution in [0.25, 0.3) is 21.8 Å². The summed E-state index contributed by atoms with van der Waals surface area (Å²) in [5, 5.41) is 9.24. The van der Waals surface area contributed by atoms with Crippen LogP contribution in [-0.2, 0) is 118 Å². The number of hydrogen-bond donors (Lipinski definition) is 2. The molecule has 0 aliphatic rings. The van der Waals surface area contributed by atoms with E-state index in [9.17, 15) is 19.2 Å². The van der Waals surface area contributed by atoms with Crippen LogP contribution in [0.5, 0.6) is 0 Å². The minimum atomic E-state index is -0.136. The first kappa shape index (κ1) is 102. The van der Waals surface area contributed by atoms with Gasteiger partial charge in [-0.25, -0.2) is 0 Å². The van der Waals surface area contributed by atoms with Crippen molar-refractivity contribution in [2.45, 2.75) is 118 Å². The fourth-order valence-corrected chi connectivity index (χ4v) is 11.7. The summed E-state index contributed by atoms with van der Waals surface area (Å²) in [4.78, 5) is 122. The van der Waals surface area contributed by atoms with Gasteiger partial charge in [0.15, 0.2) is 0 Å². The van der Waals surface area contributed by atoms with Gasteiger partial charge in [0.25, 0.3) is 11.8 Å². The molecule has 0 saturated carbocycles. The molecule has 23 nitrogen and oxygen atoms in total. The van der Waals surface area contributed by atoms with Gasteiger partial charge in [0, 0.05) is 127 Å². The fourth-order valence-electron chi connectivity index (χ4n) is 11.4. The van der Waals surface area contributed by atoms with Gasteiger partial charge >= 0.3 is 20.1 Å². The second-order valence-corrected chi connectivity index (χ2v) is 23.9. The Balaban J connectivity index is -0.00000170. The SMILES string of the molecule is Cc1ccc2c(c1)c(CC(=O)NCCCCCCN(Cc1ccccn1)Cc1ccccn1)c(C)n2C(=O)c1ccc(Cl)cc1.Cc1ccc2c(c1)c(CC(=O)NCCCCCCN(Cc1ccccn1)Cc1ccccn1)c(C)n2C(=O)c1ccc(Cl)cc1.O.O.O.[CH-]=O.[CH-]=O.[CH-]=O.[CH-]=O.[CH-]=O.[CH-]=O.[Tc+4].[Tc]. The van der Waals surface area contributed by atoms with Crippen LogP contribution in [0, 0.1) is 27.7 Å². The van der Waals surface area contributed by atoms with Crippen LogP contribution in [0.4, 0.5) is 0 Å². The van der Waals surface area contributed by atoms with E-state index in [1.165, 1.54) is 0 Å². The molecule has 10 rings (SSSR count). The van der Waals surface area contributed by atoms with Crippen molar-refractivity contribution in [3.8, 4) is 0 Å². The maximum atomic E-state index is 13.5. The van der Waals surface area contributed by atoms with Gasteiger partial charge in [-0.15, -0.1) is 0 Å². The van der Waals surface area contributed by atoms with Gasteiger partial charge < -0.3 is 55.8 Å². The molecule has 8 N–H and O–H groups in total. The van der Waals surface area contributed by atoms with E-state index in [0.717, 1.165) is 169 Å². The minimum absolute atomic E-state index is 0. The first-order valence-electron chi connectivity index (χ1n) is 32.6. The summed E-state index contributed by atoms with van der Waals surface area (Å²) in [6, 6.07) is 49.9. The van der Waals surface area contributed by atoms with Crippen LogP contribution < -0.4 is 10.6 Å². The summed E-state index contributed by atoms with van der Waals surface area (Å²) in [5.41, 5.74) is 12.4. The number of unbranched alkanes of at least 4 members (excludes halogenated alkanes) is 6. The summed E-state index contributed by atoms with van der Waals surface area (Å²) in [7, 11) is 0. The van der Waals surface area contributed by atoms with E-state index in [4.69, 9.17) is 52.0 Å². The van der Waals surface area contributed by atoms with Crippen LogP contribution in [0.15, 0.2) is 183 Å². The quantitative estimate of drug-likeness (QED) is 0.0261. The summed E-state index contributed by atoms with van der Waals surface area (Å²) in [6.45, 7) is 33.7. The van der Waals surface area contributed by atoms with Gasteiger partial charge in [-0.1, -0.05) is 96.4 Å². The second kappa shape index (κ2) is 58.7. The second-order valence-electron chi connectivity index (χ2n) is 23.1. The summed E-state index contributed by atoms with van der Waals surface area (Å²) >= 11 is 12.1. The van der Waals surface area contributed by atoms with Crippen LogP contribution in [0.1, 0.15) is 128 Å². The van der Waals surface area contributed by atoms with Gasteiger partial charge in [0.1, 0.15) is 0 Å². The first-order chi connectivity index (χ1) is 49.8. The Morgan fingerprint density at radius 2 is 0.673 bits per heavy atom. The molecule has 6 heterocycles. The molecule has 2 radical (unpaired) electrons. The molecule has 2 amide bonds. The van der Waals surface area contributed by atoms with Crippen molar-refractivity contribution >= 4 is 109 Å². The zero-order chi connectivity index (χ0) is 75.2. The molecule has 6 aromatic heterocycles. The number of carbonyl (C=O) groups excluding carboxylic acids is 10. The van der Waals surface area contributed by atoms with Gasteiger partial charge in [0.2, 0.25) is 11.8 Å². The average molecular weight is 1670 g/mol. The molecule has 0 unspecified atom stereocenters. The molecule has 0 saturated heterocycles. The third-order valence-electron chi connectivity index (χ3n) is 16.1. The van der Waals surface area contributed by atoms with E-state index in [-0.39, 0.29) is 93.1 Å². The first-order valence-corrected chi connectivity index (χ1v) is 33.3. The number of rotatable bonds is 28. The van der Waals surface area contributed by atoms with E-state index in [1.54, 1.807) is 57.7 Å². The topological polar surface area (TPSA) is 357 Å². The monoisotopic (exact) mass is 1660 g/mol. The van der Waals surface area contributed by atoms with E-state index < -0.39 is 0 Å². The van der Waals surface area contributed by atoms with Crippen molar-refractivity contribution in [3.63, 3.8) is 0 Å². The maximum absolute atomic E-state index is 13.5. The Kier molecular flexibility index (Phi) is 55.8. The van der Waals surface area contributed by atoms with Crippen molar-refractivity contribution < 1.29 is 105 Å². The molecule has 27 heteroatoms. The number of halogens is 2. The van der Waals surface area contributed by atoms with Crippen molar-refractivity contribution in [2.75, 3.05) is 26.2 Å². The Morgan fingerprint density at radius 1 is 0.393 bits per heavy atom.